The quantitative estimate of drug-likeness (QED) is 0.00847. The summed E-state index contributed by atoms with van der Waals surface area (Å²) in [6, 6.07) is 32.7. The van der Waals surface area contributed by atoms with E-state index >= 15 is 8.78 Å². The molecule has 12 aromatic rings. The smallest absolute Gasteiger partial charge is 0.450 e. The standard InChI is InChI=1S/C36H39FN11O11P.C35H39FN11O9P.2C5H5N.BH3P.HO2P/c1-4-21-23(37)26(34(57-21)48-17-42-25-29(48)44-35(46-32(25)51)45-30(49)18(2)3)59-60(54-12-8-11-38)55-14-20-13-22(58-36(52)53)33(56-20)47-16-41-24-27(39-15-40-28(24)47)43-31(50)19-9-6-5-7-10-19;1-4-22-23(36)26(34(55-22)47-17-41-25-29(47)43-35(45-32(25)51)44-30(49)18(2)3)56-57(52-12-8-11-37)53-14-20-13-21(48)33(54-20)46-16-40-24-27(38-15-39-28(24)46)42-31(50)19-9-6-5-7-10-19;2*1-2-4-6-5-3-1;1-2;1-3-2/h5-7,9-10,15-18,20-23,26,33-34H,4,8,12-14H2,1-3H3,(H,52,53)(H,39,40,43,50)(H2,44,45,46,49,51);5-7,9-10,15-18,20-23,26,33-34,48H,4,8,12-14H2,1-3H3,(H,38,39,42,50)(H2,43,44,45,49,51);2*1-5H;1H,2H2;(H,1,2)/p+2/t20-,21+,22+,23+,26+,33+,34+,60?;20-,21+,22+,23+,26+,33+,34+,57?;;;;/m00..../s1/i;;;;1T;. The molecule has 2 aromatic carbocycles. The average Bonchev–Trinajstić information content (AvgIpc) is 1.63. The van der Waals surface area contributed by atoms with Crippen LogP contribution >= 0.6 is 35.0 Å². The number of rotatable bonds is 31. The van der Waals surface area contributed by atoms with E-state index in [1.165, 1.54) is 63.8 Å². The number of aliphatic hydroxyl groups excluding tert-OH is 1. The van der Waals surface area contributed by atoms with Crippen molar-refractivity contribution in [3.05, 3.63) is 192 Å². The molecule has 4 amide bonds. The van der Waals surface area contributed by atoms with Crippen LogP contribution in [0.25, 0.3) is 44.7 Å². The maximum atomic E-state index is 16.2. The molecule has 17 atom stereocenters. The number of aromatic amines is 4. The summed E-state index contributed by atoms with van der Waals surface area (Å²) in [5, 5.41) is 49.6. The lowest BCUT2D eigenvalue weighted by atomic mass is 10.1. The Balaban J connectivity index is 0.000000219. The number of nitrogens with one attached hydrogen (secondary N) is 8. The van der Waals surface area contributed by atoms with Gasteiger partial charge in [-0.05, 0) is 38.4 Å². The second-order valence-corrected chi connectivity index (χ2v) is 32.0. The number of aromatic nitrogens is 18. The Hall–Kier alpha value is -12.5. The van der Waals surface area contributed by atoms with E-state index in [2.05, 4.69) is 100 Å². The van der Waals surface area contributed by atoms with Crippen molar-refractivity contribution >= 4 is 141 Å². The third-order valence-electron chi connectivity index (χ3n) is 19.8. The molecule has 14 heterocycles. The molecule has 134 heavy (non-hydrogen) atoms. The molecule has 3 unspecified atom stereocenters. The number of benzene rings is 2. The lowest BCUT2D eigenvalue weighted by Gasteiger charge is -2.26. The second kappa shape index (κ2) is 50.6. The highest BCUT2D eigenvalue weighted by molar-refractivity contribution is 7.49. The highest BCUT2D eigenvalue weighted by Gasteiger charge is 2.51. The number of amides is 4. The number of nitriles is 2. The van der Waals surface area contributed by atoms with Crippen molar-refractivity contribution in [1.29, 1.82) is 11.9 Å². The van der Waals surface area contributed by atoms with Crippen LogP contribution in [0.1, 0.15) is 126 Å². The number of nitrogens with zero attached hydrogens (tertiary/aromatic N) is 16. The number of hydrogen-bond acceptors (Lipinski definition) is 32. The Morgan fingerprint density at radius 2 is 0.963 bits per heavy atom. The number of carbonyl (C=O) groups excluding carboxylic acids is 4. The Labute approximate surface area is 769 Å². The van der Waals surface area contributed by atoms with Gasteiger partial charge in [0.2, 0.25) is 23.7 Å². The fourth-order valence-electron chi connectivity index (χ4n) is 13.5. The molecule has 11 N–H and O–H groups in total. The lowest BCUT2D eigenvalue weighted by Crippen LogP contribution is -2.30. The van der Waals surface area contributed by atoms with Crippen LogP contribution in [0.5, 0.6) is 0 Å². The number of pyridine rings is 2. The number of fused-ring (bicyclic) bond motifs is 4. The predicted molar refractivity (Wildman–Crippen MR) is 477 cm³/mol. The Morgan fingerprint density at radius 1 is 0.582 bits per heavy atom. The second-order valence-electron chi connectivity index (χ2n) is 29.5. The van der Waals surface area contributed by atoms with Crippen molar-refractivity contribution in [3.8, 4) is 12.1 Å². The maximum Gasteiger partial charge on any atom is 0.506 e. The minimum Gasteiger partial charge on any atom is -0.450 e. The first-order valence-electron chi connectivity index (χ1n) is 41.9. The SMILES string of the molecule is CC[C@H]1O[C@@H](n2cnc3c(=O)[nH]c(NC(=O)C(C)C)nc32)[C@H](OP(OCCC#N)OC[C@@H]2C[C@@H](O)[C@H](n3cnc4c(NC(=O)c5ccccc5)ncnc43)O2)[C@@H]1F.CC[C@H]1O[C@@H](n2cnc3c(=O)[nH]c(NC(=O)C(C)C)nc32)[C@H](OP(OCCC#N)OC[C@@H]2C[C@@H](OC(=O)O)[C@H](n3cnc4c(NC(=O)c5ccccc5)ncnc43)O2)[C@@H]1F.O=PO.[3H][B]P.c1cc[nH+]cc1.c1cc[nH+]cc1. The topological polar surface area (TPSA) is 603 Å². The summed E-state index contributed by atoms with van der Waals surface area (Å²) >= 11 is 0. The zero-order valence-electron chi connectivity index (χ0n) is 73.3. The summed E-state index contributed by atoms with van der Waals surface area (Å²) in [5.74, 6) is -2.43. The number of imidazole rings is 4. The molecule has 4 fully saturated rings. The third-order valence-corrected chi connectivity index (χ3v) is 22.2. The number of aliphatic hydroxyl groups is 1. The fraction of sp³-hybridized carbons (Fsp3) is 0.395. The fourth-order valence-corrected chi connectivity index (χ4v) is 15.8. The molecule has 0 saturated carbocycles. The molecule has 10 aromatic heterocycles. The van der Waals surface area contributed by atoms with E-state index in [0.717, 1.165) is 0 Å². The first-order chi connectivity index (χ1) is 65.3. The van der Waals surface area contributed by atoms with Gasteiger partial charge in [0, 0.05) is 60.1 Å². The van der Waals surface area contributed by atoms with E-state index in [-0.39, 0.29) is 139 Å². The number of carbonyl (C=O) groups is 5. The first kappa shape index (κ1) is 100. The maximum absolute atomic E-state index is 16.2. The molecule has 4 aliphatic heterocycles. The minimum atomic E-state index is -2.45. The van der Waals surface area contributed by atoms with Gasteiger partial charge in [-0.1, -0.05) is 90.1 Å². The molecule has 705 valence electrons. The van der Waals surface area contributed by atoms with Gasteiger partial charge in [-0.15, -0.1) is 0 Å². The zero-order chi connectivity index (χ0) is 96.6. The summed E-state index contributed by atoms with van der Waals surface area (Å²) in [6.45, 7) is 9.46. The van der Waals surface area contributed by atoms with Crippen LogP contribution in [0.2, 0.25) is 0 Å². The molecular weight excluding hydrogens is 1830 g/mol. The number of halogens is 2. The summed E-state index contributed by atoms with van der Waals surface area (Å²) in [5.41, 5.74) is 0.318. The summed E-state index contributed by atoms with van der Waals surface area (Å²) in [4.78, 5) is 149. The van der Waals surface area contributed by atoms with Crippen molar-refractivity contribution in [1.82, 2.24) is 78.1 Å². The number of alkyl halides is 2. The number of carboxylic acid groups (broad SMARTS) is 1. The van der Waals surface area contributed by atoms with Crippen molar-refractivity contribution < 1.29 is 113 Å². The van der Waals surface area contributed by atoms with E-state index in [9.17, 15) is 49.0 Å². The monoisotopic (exact) mass is 1930 g/mol. The molecule has 0 bridgehead atoms. The van der Waals surface area contributed by atoms with Gasteiger partial charge in [0.25, 0.3) is 22.9 Å². The van der Waals surface area contributed by atoms with Crippen LogP contribution in [0, 0.1) is 34.5 Å². The first-order valence-corrected chi connectivity index (χ1v) is 45.0. The molecule has 53 heteroatoms. The number of hydrogen-bond donors (Lipinski definition) is 9. The van der Waals surface area contributed by atoms with Crippen LogP contribution < -0.4 is 42.4 Å². The molecule has 0 aliphatic carbocycles. The van der Waals surface area contributed by atoms with E-state index in [1.807, 2.05) is 73.3 Å². The Morgan fingerprint density at radius 3 is 1.34 bits per heavy atom. The molecule has 4 saturated heterocycles. The van der Waals surface area contributed by atoms with Crippen molar-refractivity contribution in [2.24, 2.45) is 11.8 Å². The van der Waals surface area contributed by atoms with E-state index < -0.39 is 153 Å². The zero-order valence-corrected chi connectivity index (χ0v) is 76.2. The van der Waals surface area contributed by atoms with Crippen LogP contribution in [-0.4, -0.2) is 219 Å². The largest absolute Gasteiger partial charge is 0.506 e. The predicted octanol–water partition coefficient (Wildman–Crippen LogP) is 8.88. The van der Waals surface area contributed by atoms with E-state index in [4.69, 9.17) is 66.9 Å². The van der Waals surface area contributed by atoms with Crippen LogP contribution in [-0.2, 0) is 65.0 Å². The summed E-state index contributed by atoms with van der Waals surface area (Å²) in [6.07, 6.45) is -2.06. The van der Waals surface area contributed by atoms with Gasteiger partial charge in [-0.2, -0.15) is 29.6 Å². The summed E-state index contributed by atoms with van der Waals surface area (Å²) in [7, 11) is -2.34. The van der Waals surface area contributed by atoms with Gasteiger partial charge < -0.3 is 76.6 Å². The summed E-state index contributed by atoms with van der Waals surface area (Å²) < 4.78 is 118. The normalized spacial score (nSPS) is 21.5. The molecule has 4 aliphatic rings. The Bertz CT molecular complexity index is 6030. The average molecular weight is 1930 g/mol. The van der Waals surface area contributed by atoms with Crippen molar-refractivity contribution in [2.45, 2.75) is 166 Å². The minimum absolute atomic E-state index is 0.0124. The third kappa shape index (κ3) is 26.5. The van der Waals surface area contributed by atoms with Crippen LogP contribution in [0.4, 0.5) is 37.1 Å². The van der Waals surface area contributed by atoms with Gasteiger partial charge in [0.15, 0.2) is 124 Å². The van der Waals surface area contributed by atoms with Gasteiger partial charge >= 0.3 is 32.0 Å². The molecule has 0 spiro atoms. The van der Waals surface area contributed by atoms with Crippen molar-refractivity contribution in [3.63, 3.8) is 0 Å². The number of ether oxygens (including phenoxy) is 5. The van der Waals surface area contributed by atoms with Gasteiger partial charge in [0.05, 0.1) is 101 Å². The van der Waals surface area contributed by atoms with Crippen LogP contribution in [0.15, 0.2) is 169 Å². The van der Waals surface area contributed by atoms with Gasteiger partial charge in [-0.25, -0.2) is 68.0 Å². The number of H-pyrrole nitrogens is 4. The Kier molecular flexibility index (Phi) is 37.9. The van der Waals surface area contributed by atoms with E-state index in [0.29, 0.717) is 16.8 Å². The molecular formula is C81H94BF2N24O22P4+2. The molecule has 1 radical (unpaired) electrons. The van der Waals surface area contributed by atoms with Crippen LogP contribution in [0.3, 0.4) is 0 Å². The van der Waals surface area contributed by atoms with Crippen molar-refractivity contribution in [2.75, 3.05) is 47.7 Å². The van der Waals surface area contributed by atoms with Gasteiger partial charge in [-0.3, -0.25) is 67.6 Å². The van der Waals surface area contributed by atoms with Gasteiger partial charge in [0.1, 0.15) is 38.5 Å². The molecule has 46 nitrogen and oxygen atoms in total. The highest BCUT2D eigenvalue weighted by Crippen LogP contribution is 2.51. The lowest BCUT2D eigenvalue weighted by molar-refractivity contribution is -0.378. The van der Waals surface area contributed by atoms with E-state index in [1.54, 1.807) is 102 Å². The molecule has 16 rings (SSSR count). The number of anilines is 4. The highest BCUT2D eigenvalue weighted by atomic mass is 31.2.